The summed E-state index contributed by atoms with van der Waals surface area (Å²) in [6, 6.07) is 1.24. The van der Waals surface area contributed by atoms with Gasteiger partial charge >= 0.3 is 5.97 Å². The van der Waals surface area contributed by atoms with Crippen molar-refractivity contribution in [3.63, 3.8) is 0 Å². The normalized spacial score (nSPS) is 11.3. The molecule has 0 saturated carbocycles. The second-order valence-corrected chi connectivity index (χ2v) is 7.95. The van der Waals surface area contributed by atoms with Crippen molar-refractivity contribution in [2.75, 3.05) is 13.1 Å². The molecular weight excluding hydrogens is 384 g/mol. The molecule has 11 heteroatoms. The molecule has 0 saturated heterocycles. The van der Waals surface area contributed by atoms with Crippen LogP contribution in [0.15, 0.2) is 14.1 Å². The number of amides is 1. The standard InChI is InChI=1S/C8H8BrClN2O5S2/c9-8-4(10)1-7(18-8)19(16,17)12-2-5(13)11-3-6(14)15/h1,12H,2-3H2,(H,11,13)(H,14,15). The number of hydrogen-bond acceptors (Lipinski definition) is 5. The van der Waals surface area contributed by atoms with Crippen LogP contribution in [0.5, 0.6) is 0 Å². The largest absolute Gasteiger partial charge is 0.480 e. The molecule has 0 aromatic carbocycles. The van der Waals surface area contributed by atoms with E-state index in [1.807, 2.05) is 10.0 Å². The Labute approximate surface area is 126 Å². The van der Waals surface area contributed by atoms with Crippen molar-refractivity contribution in [2.24, 2.45) is 0 Å². The van der Waals surface area contributed by atoms with Gasteiger partial charge in [-0.3, -0.25) is 9.59 Å². The van der Waals surface area contributed by atoms with Crippen LogP contribution in [0.1, 0.15) is 0 Å². The highest BCUT2D eigenvalue weighted by Crippen LogP contribution is 2.34. The van der Waals surface area contributed by atoms with Crippen LogP contribution < -0.4 is 10.0 Å². The molecule has 0 aliphatic rings. The molecule has 1 aromatic heterocycles. The van der Waals surface area contributed by atoms with Gasteiger partial charge in [0.2, 0.25) is 5.91 Å². The predicted octanol–water partition coefficient (Wildman–Crippen LogP) is 0.643. The number of hydrogen-bond donors (Lipinski definition) is 3. The molecule has 1 rings (SSSR count). The summed E-state index contributed by atoms with van der Waals surface area (Å²) in [5.41, 5.74) is 0. The number of carboxylic acid groups (broad SMARTS) is 1. The zero-order chi connectivity index (χ0) is 14.6. The van der Waals surface area contributed by atoms with Crippen molar-refractivity contribution in [1.29, 1.82) is 0 Å². The van der Waals surface area contributed by atoms with E-state index in [0.717, 1.165) is 11.3 Å². The van der Waals surface area contributed by atoms with Crippen molar-refractivity contribution in [3.05, 3.63) is 14.9 Å². The first-order valence-corrected chi connectivity index (χ1v) is 8.12. The maximum Gasteiger partial charge on any atom is 0.322 e. The van der Waals surface area contributed by atoms with E-state index in [1.54, 1.807) is 0 Å². The summed E-state index contributed by atoms with van der Waals surface area (Å²) >= 11 is 9.69. The molecule has 1 heterocycles. The van der Waals surface area contributed by atoms with Crippen LogP contribution in [-0.2, 0) is 19.6 Å². The third-order valence-electron chi connectivity index (χ3n) is 1.75. The van der Waals surface area contributed by atoms with Crippen molar-refractivity contribution in [3.8, 4) is 0 Å². The van der Waals surface area contributed by atoms with Gasteiger partial charge in [-0.25, -0.2) is 13.1 Å². The molecule has 0 spiro atoms. The number of nitrogens with one attached hydrogen (secondary N) is 2. The minimum atomic E-state index is -3.85. The number of sulfonamides is 1. The summed E-state index contributed by atoms with van der Waals surface area (Å²) in [6.07, 6.45) is 0. The molecule has 0 bridgehead atoms. The van der Waals surface area contributed by atoms with E-state index in [2.05, 4.69) is 15.9 Å². The molecule has 1 aromatic rings. The summed E-state index contributed by atoms with van der Waals surface area (Å²) in [6.45, 7) is -1.13. The van der Waals surface area contributed by atoms with Crippen LogP contribution in [0.25, 0.3) is 0 Å². The molecule has 0 aliphatic carbocycles. The molecule has 0 fully saturated rings. The Morgan fingerprint density at radius 2 is 2.05 bits per heavy atom. The molecule has 0 aliphatic heterocycles. The maximum atomic E-state index is 11.8. The quantitative estimate of drug-likeness (QED) is 0.659. The van der Waals surface area contributed by atoms with Gasteiger partial charge in [0, 0.05) is 0 Å². The topological polar surface area (TPSA) is 113 Å². The summed E-state index contributed by atoms with van der Waals surface area (Å²) in [5, 5.41) is 10.6. The van der Waals surface area contributed by atoms with E-state index in [4.69, 9.17) is 16.7 Å². The number of carboxylic acids is 1. The summed E-state index contributed by atoms with van der Waals surface area (Å²) in [4.78, 5) is 21.4. The van der Waals surface area contributed by atoms with Crippen molar-refractivity contribution < 1.29 is 23.1 Å². The minimum absolute atomic E-state index is 0.0459. The highest BCUT2D eigenvalue weighted by atomic mass is 79.9. The van der Waals surface area contributed by atoms with Gasteiger partial charge in [0.15, 0.2) is 0 Å². The molecule has 3 N–H and O–H groups in total. The first-order valence-electron chi connectivity index (χ1n) is 4.65. The molecule has 0 atom stereocenters. The molecule has 0 radical (unpaired) electrons. The number of halogens is 2. The first-order chi connectivity index (χ1) is 8.72. The second kappa shape index (κ2) is 6.66. The third-order valence-corrected chi connectivity index (χ3v) is 6.10. The van der Waals surface area contributed by atoms with Gasteiger partial charge in [-0.2, -0.15) is 0 Å². The van der Waals surface area contributed by atoms with Gasteiger partial charge < -0.3 is 10.4 Å². The van der Waals surface area contributed by atoms with Gasteiger partial charge in [-0.05, 0) is 22.0 Å². The summed E-state index contributed by atoms with van der Waals surface area (Å²) in [5.74, 6) is -1.96. The zero-order valence-corrected chi connectivity index (χ0v) is 13.1. The number of rotatable bonds is 6. The lowest BCUT2D eigenvalue weighted by Gasteiger charge is -2.04. The monoisotopic (exact) mass is 390 g/mol. The zero-order valence-electron chi connectivity index (χ0n) is 9.14. The molecule has 19 heavy (non-hydrogen) atoms. The summed E-state index contributed by atoms with van der Waals surface area (Å²) in [7, 11) is -3.85. The maximum absolute atomic E-state index is 11.8. The van der Waals surface area contributed by atoms with Crippen LogP contribution in [0, 0.1) is 0 Å². The van der Waals surface area contributed by atoms with E-state index in [-0.39, 0.29) is 9.23 Å². The Bertz CT molecular complexity index is 581. The van der Waals surface area contributed by atoms with Gasteiger partial charge in [0.25, 0.3) is 10.0 Å². The lowest BCUT2D eigenvalue weighted by Crippen LogP contribution is -2.38. The van der Waals surface area contributed by atoms with E-state index < -0.39 is 35.0 Å². The number of aliphatic carboxylic acids is 1. The first kappa shape index (κ1) is 16.4. The third kappa shape index (κ3) is 5.07. The highest BCUT2D eigenvalue weighted by Gasteiger charge is 2.19. The fourth-order valence-corrected chi connectivity index (χ4v) is 4.35. The van der Waals surface area contributed by atoms with Crippen LogP contribution >= 0.6 is 38.9 Å². The Morgan fingerprint density at radius 3 is 2.53 bits per heavy atom. The van der Waals surface area contributed by atoms with Crippen molar-refractivity contribution in [2.45, 2.75) is 4.21 Å². The highest BCUT2D eigenvalue weighted by molar-refractivity contribution is 9.11. The Balaban J connectivity index is 2.61. The van der Waals surface area contributed by atoms with Crippen LogP contribution in [0.2, 0.25) is 5.02 Å². The lowest BCUT2D eigenvalue weighted by atomic mass is 10.5. The number of thiophene rings is 1. The smallest absolute Gasteiger partial charge is 0.322 e. The van der Waals surface area contributed by atoms with E-state index in [1.165, 1.54) is 6.07 Å². The van der Waals surface area contributed by atoms with Crippen molar-refractivity contribution in [1.82, 2.24) is 10.0 Å². The molecule has 7 nitrogen and oxygen atoms in total. The van der Waals surface area contributed by atoms with Crippen molar-refractivity contribution >= 4 is 60.8 Å². The van der Waals surface area contributed by atoms with Crippen LogP contribution in [-0.4, -0.2) is 38.5 Å². The van der Waals surface area contributed by atoms with E-state index in [9.17, 15) is 18.0 Å². The van der Waals surface area contributed by atoms with Gasteiger partial charge in [-0.1, -0.05) is 11.6 Å². The minimum Gasteiger partial charge on any atom is -0.480 e. The number of carbonyl (C=O) groups is 2. The number of carbonyl (C=O) groups excluding carboxylic acids is 1. The Hall–Kier alpha value is -0.680. The SMILES string of the molecule is O=C(O)CNC(=O)CNS(=O)(=O)c1cc(Cl)c(Br)s1. The molecular formula is C8H8BrClN2O5S2. The van der Waals surface area contributed by atoms with Gasteiger partial charge in [0.05, 0.1) is 15.4 Å². The lowest BCUT2D eigenvalue weighted by molar-refractivity contribution is -0.137. The van der Waals surface area contributed by atoms with Crippen LogP contribution in [0.4, 0.5) is 0 Å². The molecule has 106 valence electrons. The average Bonchev–Trinajstić information content (AvgIpc) is 2.65. The van der Waals surface area contributed by atoms with Crippen LogP contribution in [0.3, 0.4) is 0 Å². The molecule has 0 unspecified atom stereocenters. The predicted molar refractivity (Wildman–Crippen MR) is 72.9 cm³/mol. The molecule has 1 amide bonds. The van der Waals surface area contributed by atoms with E-state index in [0.29, 0.717) is 3.79 Å². The van der Waals surface area contributed by atoms with Gasteiger partial charge in [-0.15, -0.1) is 11.3 Å². The Morgan fingerprint density at radius 1 is 1.42 bits per heavy atom. The fraction of sp³-hybridized carbons (Fsp3) is 0.250. The Kier molecular flexibility index (Phi) is 5.74. The second-order valence-electron chi connectivity index (χ2n) is 3.18. The summed E-state index contributed by atoms with van der Waals surface area (Å²) < 4.78 is 26.0. The fourth-order valence-electron chi connectivity index (χ4n) is 0.928. The van der Waals surface area contributed by atoms with E-state index >= 15 is 0 Å². The van der Waals surface area contributed by atoms with Gasteiger partial charge in [0.1, 0.15) is 10.8 Å². The average molecular weight is 392 g/mol.